The summed E-state index contributed by atoms with van der Waals surface area (Å²) in [6.07, 6.45) is 0. The van der Waals surface area contributed by atoms with Crippen molar-refractivity contribution in [3.8, 4) is 17.0 Å². The van der Waals surface area contributed by atoms with Crippen molar-refractivity contribution in [2.45, 2.75) is 6.54 Å². The highest BCUT2D eigenvalue weighted by Crippen LogP contribution is 2.23. The number of hydrogen-bond acceptors (Lipinski definition) is 4. The summed E-state index contributed by atoms with van der Waals surface area (Å²) in [7, 11) is 0. The Hall–Kier alpha value is -2.79. The number of nitrogens with zero attached hydrogens (tertiary/aromatic N) is 3. The van der Waals surface area contributed by atoms with E-state index < -0.39 is 0 Å². The van der Waals surface area contributed by atoms with Crippen LogP contribution in [0.2, 0.25) is 0 Å². The van der Waals surface area contributed by atoms with Crippen molar-refractivity contribution in [3.63, 3.8) is 0 Å². The lowest BCUT2D eigenvalue weighted by Crippen LogP contribution is -2.46. The fourth-order valence-corrected chi connectivity index (χ4v) is 3.26. The Morgan fingerprint density at radius 2 is 1.64 bits per heavy atom. The third-order valence-corrected chi connectivity index (χ3v) is 4.73. The van der Waals surface area contributed by atoms with Crippen molar-refractivity contribution >= 4 is 5.82 Å². The van der Waals surface area contributed by atoms with Gasteiger partial charge in [-0.15, -0.1) is 0 Å². The van der Waals surface area contributed by atoms with Crippen molar-refractivity contribution in [2.24, 2.45) is 0 Å². The van der Waals surface area contributed by atoms with Gasteiger partial charge in [-0.1, -0.05) is 48.5 Å². The molecule has 1 aliphatic rings. The Labute approximate surface area is 147 Å². The fraction of sp³-hybridized carbons (Fsp3) is 0.250. The normalized spacial score (nSPS) is 15.4. The number of aromatic nitrogens is 2. The third-order valence-electron chi connectivity index (χ3n) is 4.73. The largest absolute Gasteiger partial charge is 0.508 e. The first kappa shape index (κ1) is 15.7. The predicted molar refractivity (Wildman–Crippen MR) is 99.6 cm³/mol. The summed E-state index contributed by atoms with van der Waals surface area (Å²) in [4.78, 5) is 4.68. The quantitative estimate of drug-likeness (QED) is 0.770. The molecular weight excluding hydrogens is 312 g/mol. The second-order valence-electron chi connectivity index (χ2n) is 6.40. The summed E-state index contributed by atoms with van der Waals surface area (Å²) < 4.78 is 0. The maximum atomic E-state index is 9.93. The van der Waals surface area contributed by atoms with Crippen LogP contribution in [0.25, 0.3) is 11.3 Å². The van der Waals surface area contributed by atoms with Crippen LogP contribution < -0.4 is 4.90 Å². The van der Waals surface area contributed by atoms with Gasteiger partial charge in [0.15, 0.2) is 5.82 Å². The lowest BCUT2D eigenvalue weighted by molar-refractivity contribution is 0.246. The minimum atomic E-state index is 0.379. The molecule has 1 saturated heterocycles. The van der Waals surface area contributed by atoms with Gasteiger partial charge in [-0.05, 0) is 11.6 Å². The second-order valence-corrected chi connectivity index (χ2v) is 6.40. The summed E-state index contributed by atoms with van der Waals surface area (Å²) in [6.45, 7) is 4.58. The number of benzene rings is 2. The zero-order chi connectivity index (χ0) is 17.1. The van der Waals surface area contributed by atoms with Crippen molar-refractivity contribution in [3.05, 3.63) is 66.2 Å². The smallest absolute Gasteiger partial charge is 0.151 e. The van der Waals surface area contributed by atoms with Gasteiger partial charge in [0, 0.05) is 44.4 Å². The van der Waals surface area contributed by atoms with Crippen LogP contribution in [0.5, 0.6) is 5.75 Å². The van der Waals surface area contributed by atoms with Gasteiger partial charge < -0.3 is 10.0 Å². The summed E-state index contributed by atoms with van der Waals surface area (Å²) in [6, 6.07) is 19.9. The molecule has 2 heterocycles. The van der Waals surface area contributed by atoms with Crippen LogP contribution in [0.3, 0.4) is 0 Å². The van der Waals surface area contributed by atoms with Crippen LogP contribution in [0.4, 0.5) is 5.82 Å². The Bertz CT molecular complexity index is 822. The molecule has 5 heteroatoms. The van der Waals surface area contributed by atoms with Gasteiger partial charge in [0.2, 0.25) is 0 Å². The first-order valence-corrected chi connectivity index (χ1v) is 8.64. The average Bonchev–Trinajstić information content (AvgIpc) is 3.15. The maximum Gasteiger partial charge on any atom is 0.151 e. The maximum absolute atomic E-state index is 9.93. The molecule has 25 heavy (non-hydrogen) atoms. The number of phenolic OH excluding ortho intramolecular Hbond substituents is 1. The van der Waals surface area contributed by atoms with Gasteiger partial charge in [-0.3, -0.25) is 10.00 Å². The number of aromatic amines is 1. The highest BCUT2D eigenvalue weighted by Gasteiger charge is 2.20. The Morgan fingerprint density at radius 1 is 0.920 bits per heavy atom. The molecule has 4 rings (SSSR count). The van der Waals surface area contributed by atoms with Gasteiger partial charge in [0.05, 0.1) is 5.69 Å². The zero-order valence-corrected chi connectivity index (χ0v) is 14.1. The average molecular weight is 334 g/mol. The Morgan fingerprint density at radius 3 is 2.40 bits per heavy atom. The molecule has 2 aromatic carbocycles. The number of piperazine rings is 1. The number of phenols is 1. The molecular formula is C20H22N4O. The molecule has 0 amide bonds. The minimum Gasteiger partial charge on any atom is -0.508 e. The summed E-state index contributed by atoms with van der Waals surface area (Å²) >= 11 is 0. The molecule has 0 bridgehead atoms. The fourth-order valence-electron chi connectivity index (χ4n) is 3.26. The Kier molecular flexibility index (Phi) is 4.39. The lowest BCUT2D eigenvalue weighted by Gasteiger charge is -2.34. The molecule has 128 valence electrons. The van der Waals surface area contributed by atoms with E-state index in [1.165, 1.54) is 0 Å². The Balaban J connectivity index is 1.38. The van der Waals surface area contributed by atoms with Crippen LogP contribution in [-0.4, -0.2) is 46.4 Å². The molecule has 1 aromatic heterocycles. The SMILES string of the molecule is Oc1ccccc1CN1CCN(c2cc(-c3ccccc3)[nH]n2)CC1. The summed E-state index contributed by atoms with van der Waals surface area (Å²) in [5, 5.41) is 17.6. The minimum absolute atomic E-state index is 0.379. The molecule has 0 saturated carbocycles. The molecule has 3 aromatic rings. The van der Waals surface area contributed by atoms with E-state index in [9.17, 15) is 5.11 Å². The predicted octanol–water partition coefficient (Wildman–Crippen LogP) is 3.10. The molecule has 0 atom stereocenters. The first-order chi connectivity index (χ1) is 12.3. The summed E-state index contributed by atoms with van der Waals surface area (Å²) in [5.74, 6) is 1.38. The highest BCUT2D eigenvalue weighted by molar-refractivity contribution is 5.63. The lowest BCUT2D eigenvalue weighted by atomic mass is 10.1. The van der Waals surface area contributed by atoms with Gasteiger partial charge in [-0.2, -0.15) is 5.10 Å². The van der Waals surface area contributed by atoms with E-state index >= 15 is 0 Å². The number of para-hydroxylation sites is 1. The topological polar surface area (TPSA) is 55.4 Å². The van der Waals surface area contributed by atoms with Crippen molar-refractivity contribution < 1.29 is 5.11 Å². The molecule has 0 unspecified atom stereocenters. The first-order valence-electron chi connectivity index (χ1n) is 8.64. The number of aromatic hydroxyl groups is 1. The van der Waals surface area contributed by atoms with Gasteiger partial charge >= 0.3 is 0 Å². The van der Waals surface area contributed by atoms with Crippen molar-refractivity contribution in [1.82, 2.24) is 15.1 Å². The van der Waals surface area contributed by atoms with E-state index in [2.05, 4.69) is 38.2 Å². The number of H-pyrrole nitrogens is 1. The van der Waals surface area contributed by atoms with Gasteiger partial charge in [-0.25, -0.2) is 0 Å². The van der Waals surface area contributed by atoms with Gasteiger partial charge in [0.25, 0.3) is 0 Å². The van der Waals surface area contributed by atoms with Crippen molar-refractivity contribution in [1.29, 1.82) is 0 Å². The molecule has 1 aliphatic heterocycles. The van der Waals surface area contributed by atoms with Crippen molar-refractivity contribution in [2.75, 3.05) is 31.1 Å². The van der Waals surface area contributed by atoms with Crippen LogP contribution in [0, 0.1) is 0 Å². The van der Waals surface area contributed by atoms with Gasteiger partial charge in [0.1, 0.15) is 5.75 Å². The molecule has 0 spiro atoms. The van der Waals surface area contributed by atoms with E-state index in [0.29, 0.717) is 5.75 Å². The van der Waals surface area contributed by atoms with E-state index in [0.717, 1.165) is 55.4 Å². The highest BCUT2D eigenvalue weighted by atomic mass is 16.3. The monoisotopic (exact) mass is 334 g/mol. The molecule has 0 radical (unpaired) electrons. The van der Waals surface area contributed by atoms with E-state index in [1.54, 1.807) is 6.07 Å². The molecule has 0 aliphatic carbocycles. The van der Waals surface area contributed by atoms with Crippen LogP contribution in [-0.2, 0) is 6.54 Å². The van der Waals surface area contributed by atoms with Crippen LogP contribution >= 0.6 is 0 Å². The third kappa shape index (κ3) is 3.51. The second kappa shape index (κ2) is 6.99. The summed E-state index contributed by atoms with van der Waals surface area (Å²) in [5.41, 5.74) is 3.19. The van der Waals surface area contributed by atoms with Crippen LogP contribution in [0.1, 0.15) is 5.56 Å². The number of nitrogens with one attached hydrogen (secondary N) is 1. The van der Waals surface area contributed by atoms with E-state index in [-0.39, 0.29) is 0 Å². The zero-order valence-electron chi connectivity index (χ0n) is 14.1. The molecule has 1 fully saturated rings. The van der Waals surface area contributed by atoms with E-state index in [4.69, 9.17) is 0 Å². The number of anilines is 1. The number of rotatable bonds is 4. The number of hydrogen-bond donors (Lipinski definition) is 2. The van der Waals surface area contributed by atoms with Crippen LogP contribution in [0.15, 0.2) is 60.7 Å². The van der Waals surface area contributed by atoms with E-state index in [1.807, 2.05) is 36.4 Å². The molecule has 5 nitrogen and oxygen atoms in total. The molecule has 2 N–H and O–H groups in total. The standard InChI is InChI=1S/C20H22N4O/c25-19-9-5-4-8-17(19)15-23-10-12-24(13-11-23)20-14-18(21-22-20)16-6-2-1-3-7-16/h1-9,14,25H,10-13,15H2,(H,21,22).